The first-order valence-corrected chi connectivity index (χ1v) is 6.47. The molecular formula is C14H24O. The highest BCUT2D eigenvalue weighted by molar-refractivity contribution is 5.86. The Hall–Kier alpha value is -0.330. The van der Waals surface area contributed by atoms with Crippen molar-refractivity contribution >= 4 is 5.78 Å². The van der Waals surface area contributed by atoms with Gasteiger partial charge in [-0.25, -0.2) is 0 Å². The lowest BCUT2D eigenvalue weighted by molar-refractivity contribution is -0.128. The van der Waals surface area contributed by atoms with Crippen molar-refractivity contribution in [2.45, 2.75) is 65.7 Å². The van der Waals surface area contributed by atoms with E-state index >= 15 is 0 Å². The molecule has 2 fully saturated rings. The van der Waals surface area contributed by atoms with Gasteiger partial charge in [0.25, 0.3) is 0 Å². The topological polar surface area (TPSA) is 17.1 Å². The first-order valence-electron chi connectivity index (χ1n) is 6.47. The normalized spacial score (nSPS) is 37.5. The van der Waals surface area contributed by atoms with Crippen molar-refractivity contribution < 1.29 is 4.79 Å². The second kappa shape index (κ2) is 3.61. The van der Waals surface area contributed by atoms with Crippen LogP contribution < -0.4 is 0 Å². The molecule has 0 aliphatic heterocycles. The molecule has 1 heteroatoms. The highest BCUT2D eigenvalue weighted by Crippen LogP contribution is 2.51. The zero-order chi connectivity index (χ0) is 11.1. The SMILES string of the molecule is CC(C)(C)C1CCC2(CCCC2=O)CC1. The Morgan fingerprint density at radius 1 is 1.13 bits per heavy atom. The molecule has 2 saturated carbocycles. The second-order valence-electron chi connectivity index (χ2n) is 6.70. The lowest BCUT2D eigenvalue weighted by Crippen LogP contribution is -2.35. The monoisotopic (exact) mass is 208 g/mol. The van der Waals surface area contributed by atoms with Crippen molar-refractivity contribution in [3.8, 4) is 0 Å². The molecule has 0 saturated heterocycles. The zero-order valence-corrected chi connectivity index (χ0v) is 10.4. The van der Waals surface area contributed by atoms with Gasteiger partial charge in [0.1, 0.15) is 5.78 Å². The predicted molar refractivity (Wildman–Crippen MR) is 62.7 cm³/mol. The van der Waals surface area contributed by atoms with Gasteiger partial charge in [-0.2, -0.15) is 0 Å². The third-order valence-corrected chi connectivity index (χ3v) is 4.82. The van der Waals surface area contributed by atoms with Crippen molar-refractivity contribution in [3.63, 3.8) is 0 Å². The van der Waals surface area contributed by atoms with Crippen LogP contribution in [0.3, 0.4) is 0 Å². The molecule has 2 rings (SSSR count). The lowest BCUT2D eigenvalue weighted by Gasteiger charge is -2.41. The Morgan fingerprint density at radius 3 is 2.13 bits per heavy atom. The van der Waals surface area contributed by atoms with Crippen LogP contribution in [0.4, 0.5) is 0 Å². The number of hydrogen-bond acceptors (Lipinski definition) is 1. The molecule has 1 nitrogen and oxygen atoms in total. The summed E-state index contributed by atoms with van der Waals surface area (Å²) in [6, 6.07) is 0. The summed E-state index contributed by atoms with van der Waals surface area (Å²) in [5.74, 6) is 1.41. The summed E-state index contributed by atoms with van der Waals surface area (Å²) in [6.45, 7) is 7.02. The molecule has 86 valence electrons. The zero-order valence-electron chi connectivity index (χ0n) is 10.4. The summed E-state index contributed by atoms with van der Waals surface area (Å²) in [7, 11) is 0. The first kappa shape index (κ1) is 11.2. The Labute approximate surface area is 93.6 Å². The maximum Gasteiger partial charge on any atom is 0.139 e. The van der Waals surface area contributed by atoms with Gasteiger partial charge in [-0.05, 0) is 49.9 Å². The third-order valence-electron chi connectivity index (χ3n) is 4.82. The molecule has 0 bridgehead atoms. The average Bonchev–Trinajstić information content (AvgIpc) is 2.48. The van der Waals surface area contributed by atoms with Crippen molar-refractivity contribution in [1.82, 2.24) is 0 Å². The Bertz CT molecular complexity index is 251. The van der Waals surface area contributed by atoms with Crippen molar-refractivity contribution in [2.75, 3.05) is 0 Å². The molecule has 0 N–H and O–H groups in total. The quantitative estimate of drug-likeness (QED) is 0.589. The molecule has 0 aromatic rings. The molecule has 0 aromatic heterocycles. The number of carbonyl (C=O) groups excluding carboxylic acids is 1. The Balaban J connectivity index is 2.00. The van der Waals surface area contributed by atoms with E-state index in [1.165, 1.54) is 32.1 Å². The second-order valence-corrected chi connectivity index (χ2v) is 6.70. The lowest BCUT2D eigenvalue weighted by atomic mass is 9.63. The van der Waals surface area contributed by atoms with Gasteiger partial charge in [0.15, 0.2) is 0 Å². The van der Waals surface area contributed by atoms with E-state index in [0.717, 1.165) is 18.8 Å². The van der Waals surface area contributed by atoms with E-state index in [1.54, 1.807) is 0 Å². The maximum atomic E-state index is 11.9. The van der Waals surface area contributed by atoms with Crippen LogP contribution in [0.5, 0.6) is 0 Å². The fourth-order valence-corrected chi connectivity index (χ4v) is 3.56. The molecule has 0 heterocycles. The van der Waals surface area contributed by atoms with Crippen LogP contribution in [-0.4, -0.2) is 5.78 Å². The fourth-order valence-electron chi connectivity index (χ4n) is 3.56. The van der Waals surface area contributed by atoms with Crippen molar-refractivity contribution in [3.05, 3.63) is 0 Å². The first-order chi connectivity index (χ1) is 6.94. The highest BCUT2D eigenvalue weighted by Gasteiger charge is 2.45. The van der Waals surface area contributed by atoms with Gasteiger partial charge in [-0.3, -0.25) is 4.79 Å². The van der Waals surface area contributed by atoms with Crippen molar-refractivity contribution in [1.29, 1.82) is 0 Å². The van der Waals surface area contributed by atoms with E-state index < -0.39 is 0 Å². The van der Waals surface area contributed by atoms with E-state index in [9.17, 15) is 4.79 Å². The summed E-state index contributed by atoms with van der Waals surface area (Å²) >= 11 is 0. The minimum Gasteiger partial charge on any atom is -0.299 e. The molecule has 0 radical (unpaired) electrons. The standard InChI is InChI=1S/C14H24O/c1-13(2,3)11-6-9-14(10-7-11)8-4-5-12(14)15/h11H,4-10H2,1-3H3. The molecule has 0 atom stereocenters. The van der Waals surface area contributed by atoms with Crippen LogP contribution in [0.1, 0.15) is 65.7 Å². The maximum absolute atomic E-state index is 11.9. The van der Waals surface area contributed by atoms with Gasteiger partial charge in [-0.1, -0.05) is 20.8 Å². The van der Waals surface area contributed by atoms with Gasteiger partial charge < -0.3 is 0 Å². The van der Waals surface area contributed by atoms with E-state index in [4.69, 9.17) is 0 Å². The van der Waals surface area contributed by atoms with Crippen LogP contribution in [0.15, 0.2) is 0 Å². The smallest absolute Gasteiger partial charge is 0.139 e. The molecule has 2 aliphatic rings. The van der Waals surface area contributed by atoms with Gasteiger partial charge in [-0.15, -0.1) is 0 Å². The van der Waals surface area contributed by atoms with Gasteiger partial charge in [0.2, 0.25) is 0 Å². The Morgan fingerprint density at radius 2 is 1.73 bits per heavy atom. The number of hydrogen-bond donors (Lipinski definition) is 0. The number of Topliss-reactive ketones (excluding diaryl/α,β-unsaturated/α-hetero) is 1. The number of rotatable bonds is 0. The van der Waals surface area contributed by atoms with E-state index in [2.05, 4.69) is 20.8 Å². The molecule has 2 aliphatic carbocycles. The van der Waals surface area contributed by atoms with E-state index in [1.807, 2.05) is 0 Å². The van der Waals surface area contributed by atoms with Gasteiger partial charge >= 0.3 is 0 Å². The fraction of sp³-hybridized carbons (Fsp3) is 0.929. The largest absolute Gasteiger partial charge is 0.299 e. The Kier molecular flexibility index (Phi) is 2.68. The van der Waals surface area contributed by atoms with E-state index in [-0.39, 0.29) is 5.41 Å². The van der Waals surface area contributed by atoms with Crippen LogP contribution in [0.2, 0.25) is 0 Å². The van der Waals surface area contributed by atoms with Crippen LogP contribution in [0.25, 0.3) is 0 Å². The minimum absolute atomic E-state index is 0.141. The summed E-state index contributed by atoms with van der Waals surface area (Å²) in [5, 5.41) is 0. The summed E-state index contributed by atoms with van der Waals surface area (Å²) in [5.41, 5.74) is 0.574. The molecular weight excluding hydrogens is 184 g/mol. The predicted octanol–water partition coefficient (Wildman–Crippen LogP) is 3.96. The summed E-state index contributed by atoms with van der Waals surface area (Å²) < 4.78 is 0. The van der Waals surface area contributed by atoms with Crippen LogP contribution in [-0.2, 0) is 4.79 Å². The molecule has 0 unspecified atom stereocenters. The van der Waals surface area contributed by atoms with Crippen LogP contribution in [0, 0.1) is 16.7 Å². The molecule has 15 heavy (non-hydrogen) atoms. The van der Waals surface area contributed by atoms with Crippen LogP contribution >= 0.6 is 0 Å². The molecule has 0 aromatic carbocycles. The minimum atomic E-state index is 0.141. The number of ketones is 1. The van der Waals surface area contributed by atoms with Crippen molar-refractivity contribution in [2.24, 2.45) is 16.7 Å². The molecule has 1 spiro atoms. The van der Waals surface area contributed by atoms with E-state index in [0.29, 0.717) is 11.2 Å². The average molecular weight is 208 g/mol. The third kappa shape index (κ3) is 1.98. The number of carbonyl (C=O) groups is 1. The van der Waals surface area contributed by atoms with Gasteiger partial charge in [0.05, 0.1) is 0 Å². The summed E-state index contributed by atoms with van der Waals surface area (Å²) in [6.07, 6.45) is 8.09. The summed E-state index contributed by atoms with van der Waals surface area (Å²) in [4.78, 5) is 11.9. The molecule has 0 amide bonds. The highest BCUT2D eigenvalue weighted by atomic mass is 16.1. The van der Waals surface area contributed by atoms with Gasteiger partial charge in [0, 0.05) is 11.8 Å².